The fourth-order valence-electron chi connectivity index (χ4n) is 3.13. The summed E-state index contributed by atoms with van der Waals surface area (Å²) in [6.07, 6.45) is 7.17. The van der Waals surface area contributed by atoms with Gasteiger partial charge in [-0.1, -0.05) is 25.1 Å². The second-order valence-electron chi connectivity index (χ2n) is 5.33. The molecule has 1 spiro atoms. The number of hydrogen-bond donors (Lipinski definition) is 1. The Labute approximate surface area is 109 Å². The normalized spacial score (nSPS) is 25.2. The van der Waals surface area contributed by atoms with Gasteiger partial charge in [-0.25, -0.2) is 12.7 Å². The average molecular weight is 276 g/mol. The Hall–Kier alpha value is -0.200. The molecule has 1 aliphatic carbocycles. The van der Waals surface area contributed by atoms with E-state index in [4.69, 9.17) is 5.73 Å². The Balaban J connectivity index is 1.96. The second-order valence-corrected chi connectivity index (χ2v) is 7.82. The molecule has 2 aliphatic rings. The van der Waals surface area contributed by atoms with E-state index >= 15 is 0 Å². The summed E-state index contributed by atoms with van der Waals surface area (Å²) in [6, 6.07) is 0. The van der Waals surface area contributed by atoms with Gasteiger partial charge in [-0.05, 0) is 31.1 Å². The molecule has 0 bridgehead atoms. The van der Waals surface area contributed by atoms with Gasteiger partial charge in [0.2, 0.25) is 10.0 Å². The summed E-state index contributed by atoms with van der Waals surface area (Å²) in [5, 5.41) is 0. The monoisotopic (exact) mass is 276 g/mol. The van der Waals surface area contributed by atoms with E-state index in [-0.39, 0.29) is 10.7 Å². The lowest BCUT2D eigenvalue weighted by atomic mass is 9.78. The minimum atomic E-state index is -3.26. The van der Waals surface area contributed by atoms with Crippen LogP contribution in [0.4, 0.5) is 0 Å². The molecular formula is C11H20N2O2S2. The molecule has 0 aromatic carbocycles. The van der Waals surface area contributed by atoms with Crippen molar-refractivity contribution >= 4 is 27.2 Å². The summed E-state index contributed by atoms with van der Waals surface area (Å²) >= 11 is 4.69. The molecule has 0 radical (unpaired) electrons. The first-order valence-electron chi connectivity index (χ1n) is 6.20. The third-order valence-electron chi connectivity index (χ3n) is 4.17. The molecule has 98 valence electrons. The Bertz CT molecular complexity index is 390. The highest BCUT2D eigenvalue weighted by atomic mass is 32.2. The van der Waals surface area contributed by atoms with Crippen molar-refractivity contribution in [2.75, 3.05) is 18.8 Å². The zero-order chi connectivity index (χ0) is 12.5. The topological polar surface area (TPSA) is 63.4 Å². The van der Waals surface area contributed by atoms with Crippen LogP contribution in [0, 0.1) is 5.41 Å². The van der Waals surface area contributed by atoms with Gasteiger partial charge in [0.25, 0.3) is 0 Å². The molecule has 0 amide bonds. The minimum Gasteiger partial charge on any atom is -0.392 e. The molecule has 2 rings (SSSR count). The molecule has 1 heterocycles. The van der Waals surface area contributed by atoms with Gasteiger partial charge < -0.3 is 5.73 Å². The van der Waals surface area contributed by atoms with Crippen LogP contribution in [0.1, 0.15) is 38.5 Å². The lowest BCUT2D eigenvalue weighted by Gasteiger charge is -2.38. The van der Waals surface area contributed by atoms with Crippen molar-refractivity contribution < 1.29 is 8.42 Å². The number of nitrogens with two attached hydrogens (primary N) is 1. The van der Waals surface area contributed by atoms with Crippen LogP contribution in [-0.2, 0) is 10.0 Å². The van der Waals surface area contributed by atoms with Gasteiger partial charge in [0.15, 0.2) is 0 Å². The minimum absolute atomic E-state index is 0.0613. The molecule has 2 fully saturated rings. The van der Waals surface area contributed by atoms with Crippen LogP contribution in [0.2, 0.25) is 0 Å². The maximum atomic E-state index is 12.0. The van der Waals surface area contributed by atoms with Gasteiger partial charge in [-0.3, -0.25) is 0 Å². The highest BCUT2D eigenvalue weighted by molar-refractivity contribution is 7.92. The van der Waals surface area contributed by atoms with Crippen LogP contribution in [0.3, 0.4) is 0 Å². The van der Waals surface area contributed by atoms with Crippen molar-refractivity contribution in [3.05, 3.63) is 0 Å². The van der Waals surface area contributed by atoms with E-state index in [2.05, 4.69) is 12.2 Å². The zero-order valence-electron chi connectivity index (χ0n) is 10.0. The summed E-state index contributed by atoms with van der Waals surface area (Å²) < 4.78 is 25.5. The largest absolute Gasteiger partial charge is 0.392 e. The molecule has 4 nitrogen and oxygen atoms in total. The fraction of sp³-hybridized carbons (Fsp3) is 0.909. The van der Waals surface area contributed by atoms with Crippen molar-refractivity contribution in [1.82, 2.24) is 4.31 Å². The van der Waals surface area contributed by atoms with Crippen LogP contribution in [0.15, 0.2) is 0 Å². The van der Waals surface area contributed by atoms with Crippen LogP contribution >= 0.6 is 12.2 Å². The van der Waals surface area contributed by atoms with Gasteiger partial charge in [-0.15, -0.1) is 0 Å². The molecule has 1 aliphatic heterocycles. The average Bonchev–Trinajstić information content (AvgIpc) is 2.65. The van der Waals surface area contributed by atoms with Gasteiger partial charge in [-0.2, -0.15) is 0 Å². The summed E-state index contributed by atoms with van der Waals surface area (Å²) in [5.41, 5.74) is 5.77. The SMILES string of the molecule is NC(=S)CS(=O)(=O)N1CCC2(CCCC2)CC1. The highest BCUT2D eigenvalue weighted by Crippen LogP contribution is 2.46. The fourth-order valence-corrected chi connectivity index (χ4v) is 4.86. The van der Waals surface area contributed by atoms with Crippen molar-refractivity contribution in [3.8, 4) is 0 Å². The van der Waals surface area contributed by atoms with Crippen molar-refractivity contribution in [3.63, 3.8) is 0 Å². The van der Waals surface area contributed by atoms with Gasteiger partial charge in [0, 0.05) is 13.1 Å². The smallest absolute Gasteiger partial charge is 0.220 e. The van der Waals surface area contributed by atoms with Crippen molar-refractivity contribution in [1.29, 1.82) is 0 Å². The molecule has 1 saturated heterocycles. The van der Waals surface area contributed by atoms with Crippen molar-refractivity contribution in [2.24, 2.45) is 11.1 Å². The van der Waals surface area contributed by atoms with Gasteiger partial charge >= 0.3 is 0 Å². The van der Waals surface area contributed by atoms with E-state index in [1.54, 1.807) is 4.31 Å². The van der Waals surface area contributed by atoms with Gasteiger partial charge in [0.05, 0.1) is 4.99 Å². The summed E-state index contributed by atoms with van der Waals surface area (Å²) in [5.74, 6) is -0.185. The van der Waals surface area contributed by atoms with Crippen LogP contribution in [0.5, 0.6) is 0 Å². The predicted molar refractivity (Wildman–Crippen MR) is 72.3 cm³/mol. The molecule has 6 heteroatoms. The Morgan fingerprint density at radius 3 is 2.18 bits per heavy atom. The van der Waals surface area contributed by atoms with E-state index in [0.29, 0.717) is 18.5 Å². The van der Waals surface area contributed by atoms with Gasteiger partial charge in [0.1, 0.15) is 5.75 Å². The van der Waals surface area contributed by atoms with E-state index in [9.17, 15) is 8.42 Å². The molecule has 0 aromatic heterocycles. The number of sulfonamides is 1. The maximum Gasteiger partial charge on any atom is 0.220 e. The molecule has 0 unspecified atom stereocenters. The van der Waals surface area contributed by atoms with Crippen LogP contribution < -0.4 is 5.73 Å². The lowest BCUT2D eigenvalue weighted by Crippen LogP contribution is -2.44. The standard InChI is InChI=1S/C11H20N2O2S2/c12-10(16)9-17(14,15)13-7-5-11(6-8-13)3-1-2-4-11/h1-9H2,(H2,12,16). The summed E-state index contributed by atoms with van der Waals surface area (Å²) in [6.45, 7) is 1.29. The molecule has 0 atom stereocenters. The predicted octanol–water partition coefficient (Wildman–Crippen LogP) is 1.26. The first-order chi connectivity index (χ1) is 7.94. The Morgan fingerprint density at radius 1 is 1.18 bits per heavy atom. The Kier molecular flexibility index (Phi) is 3.75. The lowest BCUT2D eigenvalue weighted by molar-refractivity contribution is 0.160. The molecular weight excluding hydrogens is 256 g/mol. The number of hydrogen-bond acceptors (Lipinski definition) is 3. The molecule has 17 heavy (non-hydrogen) atoms. The number of thiocarbonyl (C=S) groups is 1. The molecule has 2 N–H and O–H groups in total. The van der Waals surface area contributed by atoms with Crippen LogP contribution in [0.25, 0.3) is 0 Å². The van der Waals surface area contributed by atoms with E-state index in [1.165, 1.54) is 25.7 Å². The zero-order valence-corrected chi connectivity index (χ0v) is 11.7. The highest BCUT2D eigenvalue weighted by Gasteiger charge is 2.39. The number of piperidine rings is 1. The molecule has 0 aromatic rings. The summed E-state index contributed by atoms with van der Waals surface area (Å²) in [7, 11) is -3.26. The third kappa shape index (κ3) is 2.98. The second kappa shape index (κ2) is 4.82. The first-order valence-corrected chi connectivity index (χ1v) is 8.22. The number of nitrogens with zero attached hydrogens (tertiary/aromatic N) is 1. The third-order valence-corrected chi connectivity index (χ3v) is 6.32. The summed E-state index contributed by atoms with van der Waals surface area (Å²) in [4.78, 5) is 0.0613. The van der Waals surface area contributed by atoms with E-state index < -0.39 is 10.0 Å². The van der Waals surface area contributed by atoms with Crippen LogP contribution in [-0.4, -0.2) is 36.6 Å². The first kappa shape index (κ1) is 13.2. The van der Waals surface area contributed by atoms with E-state index in [0.717, 1.165) is 12.8 Å². The maximum absolute atomic E-state index is 12.0. The van der Waals surface area contributed by atoms with Crippen molar-refractivity contribution in [2.45, 2.75) is 38.5 Å². The molecule has 1 saturated carbocycles. The quantitative estimate of drug-likeness (QED) is 0.788. The number of rotatable bonds is 3. The Morgan fingerprint density at radius 2 is 1.71 bits per heavy atom. The van der Waals surface area contributed by atoms with E-state index in [1.807, 2.05) is 0 Å².